The Morgan fingerprint density at radius 2 is 2.17 bits per heavy atom. The average molecular weight is 289 g/mol. The van der Waals surface area contributed by atoms with E-state index in [1.165, 1.54) is 0 Å². The molecule has 1 aromatic carbocycles. The fourth-order valence-corrected chi connectivity index (χ4v) is 2.44. The van der Waals surface area contributed by atoms with Crippen LogP contribution in [0.5, 0.6) is 0 Å². The average Bonchev–Trinajstić information content (AvgIpc) is 2.70. The summed E-state index contributed by atoms with van der Waals surface area (Å²) in [6.45, 7) is 1.94. The minimum Gasteiger partial charge on any atom is -0.327 e. The number of nitrogens with one attached hydrogen (secondary N) is 1. The van der Waals surface area contributed by atoms with Crippen LogP contribution in [0.1, 0.15) is 24.8 Å². The Balaban J connectivity index is 0.00000162. The van der Waals surface area contributed by atoms with E-state index in [2.05, 4.69) is 5.32 Å². The summed E-state index contributed by atoms with van der Waals surface area (Å²) >= 11 is 5.91. The summed E-state index contributed by atoms with van der Waals surface area (Å²) in [6.07, 6.45) is 2.85. The third kappa shape index (κ3) is 3.37. The van der Waals surface area contributed by atoms with Crippen molar-refractivity contribution in [3.05, 3.63) is 28.8 Å². The third-order valence-electron chi connectivity index (χ3n) is 3.36. The molecule has 0 radical (unpaired) electrons. The number of carbonyl (C=O) groups excluding carboxylic acids is 1. The fraction of sp³-hybridized carbons (Fsp3) is 0.462. The Morgan fingerprint density at radius 1 is 1.44 bits per heavy atom. The topological polar surface area (TPSA) is 55.1 Å². The largest absolute Gasteiger partial charge is 0.327 e. The maximum absolute atomic E-state index is 12.1. The van der Waals surface area contributed by atoms with Crippen LogP contribution in [0.4, 0.5) is 5.69 Å². The number of hydrogen-bond acceptors (Lipinski definition) is 2. The molecule has 1 fully saturated rings. The number of halogens is 2. The Hall–Kier alpha value is -0.770. The predicted molar refractivity (Wildman–Crippen MR) is 77.4 cm³/mol. The quantitative estimate of drug-likeness (QED) is 0.878. The van der Waals surface area contributed by atoms with Crippen molar-refractivity contribution in [1.82, 2.24) is 0 Å². The van der Waals surface area contributed by atoms with Gasteiger partial charge in [0.1, 0.15) is 0 Å². The maximum Gasteiger partial charge on any atom is 0.229 e. The molecule has 1 aromatic rings. The van der Waals surface area contributed by atoms with Gasteiger partial charge in [-0.05, 0) is 37.5 Å². The van der Waals surface area contributed by atoms with E-state index in [1.807, 2.05) is 19.1 Å². The van der Waals surface area contributed by atoms with E-state index in [-0.39, 0.29) is 30.3 Å². The SMILES string of the molecule is Cc1ccc(Cl)cc1NC(=O)C1CCCC1N.Cl. The van der Waals surface area contributed by atoms with Gasteiger partial charge in [0, 0.05) is 16.8 Å². The fourth-order valence-electron chi connectivity index (χ4n) is 2.27. The molecule has 5 heteroatoms. The normalized spacial score (nSPS) is 22.4. The number of anilines is 1. The van der Waals surface area contributed by atoms with Crippen LogP contribution in [0.3, 0.4) is 0 Å². The molecule has 100 valence electrons. The van der Waals surface area contributed by atoms with E-state index in [1.54, 1.807) is 6.07 Å². The molecule has 0 spiro atoms. The summed E-state index contributed by atoms with van der Waals surface area (Å²) in [5, 5.41) is 3.55. The van der Waals surface area contributed by atoms with Crippen molar-refractivity contribution in [2.75, 3.05) is 5.32 Å². The van der Waals surface area contributed by atoms with Crippen molar-refractivity contribution >= 4 is 35.6 Å². The molecule has 1 saturated carbocycles. The van der Waals surface area contributed by atoms with Crippen LogP contribution in [0.15, 0.2) is 18.2 Å². The Morgan fingerprint density at radius 3 is 2.78 bits per heavy atom. The number of hydrogen-bond donors (Lipinski definition) is 2. The van der Waals surface area contributed by atoms with Crippen molar-refractivity contribution < 1.29 is 4.79 Å². The highest BCUT2D eigenvalue weighted by Gasteiger charge is 2.30. The van der Waals surface area contributed by atoms with Crippen LogP contribution in [0.25, 0.3) is 0 Å². The number of amides is 1. The minimum absolute atomic E-state index is 0. The standard InChI is InChI=1S/C13H17ClN2O.ClH/c1-8-5-6-9(14)7-12(8)16-13(17)10-3-2-4-11(10)15;/h5-7,10-11H,2-4,15H2,1H3,(H,16,17);1H. The summed E-state index contributed by atoms with van der Waals surface area (Å²) in [7, 11) is 0. The zero-order valence-corrected chi connectivity index (χ0v) is 11.9. The molecular formula is C13H18Cl2N2O. The molecule has 2 unspecified atom stereocenters. The second-order valence-electron chi connectivity index (χ2n) is 4.65. The lowest BCUT2D eigenvalue weighted by Crippen LogP contribution is -2.34. The second-order valence-corrected chi connectivity index (χ2v) is 5.09. The molecular weight excluding hydrogens is 271 g/mol. The smallest absolute Gasteiger partial charge is 0.229 e. The van der Waals surface area contributed by atoms with E-state index < -0.39 is 0 Å². The van der Waals surface area contributed by atoms with Crippen LogP contribution >= 0.6 is 24.0 Å². The predicted octanol–water partition coefficient (Wildman–Crippen LogP) is 3.14. The molecule has 3 nitrogen and oxygen atoms in total. The molecule has 1 aliphatic carbocycles. The minimum atomic E-state index is -0.0617. The first-order valence-electron chi connectivity index (χ1n) is 5.90. The monoisotopic (exact) mass is 288 g/mol. The van der Waals surface area contributed by atoms with Gasteiger partial charge in [-0.1, -0.05) is 24.1 Å². The van der Waals surface area contributed by atoms with E-state index in [9.17, 15) is 4.79 Å². The summed E-state index contributed by atoms with van der Waals surface area (Å²) in [4.78, 5) is 12.1. The molecule has 0 aliphatic heterocycles. The van der Waals surface area contributed by atoms with Crippen molar-refractivity contribution in [3.8, 4) is 0 Å². The highest BCUT2D eigenvalue weighted by Crippen LogP contribution is 2.27. The summed E-state index contributed by atoms with van der Waals surface area (Å²) in [5.74, 6) is -0.0475. The highest BCUT2D eigenvalue weighted by atomic mass is 35.5. The second kappa shape index (κ2) is 6.41. The van der Waals surface area contributed by atoms with Gasteiger partial charge in [-0.2, -0.15) is 0 Å². The van der Waals surface area contributed by atoms with Gasteiger partial charge < -0.3 is 11.1 Å². The third-order valence-corrected chi connectivity index (χ3v) is 3.60. The summed E-state index contributed by atoms with van der Waals surface area (Å²) < 4.78 is 0. The van der Waals surface area contributed by atoms with Gasteiger partial charge in [-0.3, -0.25) is 4.79 Å². The number of benzene rings is 1. The Bertz CT molecular complexity index is 437. The summed E-state index contributed by atoms with van der Waals surface area (Å²) in [6, 6.07) is 5.48. The highest BCUT2D eigenvalue weighted by molar-refractivity contribution is 6.31. The number of nitrogens with two attached hydrogens (primary N) is 1. The maximum atomic E-state index is 12.1. The van der Waals surface area contributed by atoms with Gasteiger partial charge in [0.15, 0.2) is 0 Å². The molecule has 1 aliphatic rings. The first kappa shape index (κ1) is 15.3. The lowest BCUT2D eigenvalue weighted by molar-refractivity contribution is -0.120. The number of carbonyl (C=O) groups is 1. The Kier molecular flexibility index (Phi) is 5.45. The van der Waals surface area contributed by atoms with Crippen molar-refractivity contribution in [1.29, 1.82) is 0 Å². The molecule has 3 N–H and O–H groups in total. The molecule has 18 heavy (non-hydrogen) atoms. The number of aryl methyl sites for hydroxylation is 1. The van der Waals surface area contributed by atoms with Crippen LogP contribution in [-0.4, -0.2) is 11.9 Å². The van der Waals surface area contributed by atoms with Gasteiger partial charge in [-0.25, -0.2) is 0 Å². The lowest BCUT2D eigenvalue weighted by Gasteiger charge is -2.16. The van der Waals surface area contributed by atoms with Gasteiger partial charge in [-0.15, -0.1) is 12.4 Å². The zero-order chi connectivity index (χ0) is 12.4. The molecule has 2 atom stereocenters. The van der Waals surface area contributed by atoms with Crippen LogP contribution in [0, 0.1) is 12.8 Å². The van der Waals surface area contributed by atoms with E-state index in [4.69, 9.17) is 17.3 Å². The van der Waals surface area contributed by atoms with E-state index >= 15 is 0 Å². The van der Waals surface area contributed by atoms with Gasteiger partial charge in [0.2, 0.25) is 5.91 Å². The van der Waals surface area contributed by atoms with E-state index in [0.29, 0.717) is 5.02 Å². The molecule has 0 aromatic heterocycles. The van der Waals surface area contributed by atoms with Crippen LogP contribution < -0.4 is 11.1 Å². The van der Waals surface area contributed by atoms with Crippen molar-refractivity contribution in [3.63, 3.8) is 0 Å². The van der Waals surface area contributed by atoms with Gasteiger partial charge in [0.25, 0.3) is 0 Å². The Labute approximate surface area is 118 Å². The molecule has 2 rings (SSSR count). The van der Waals surface area contributed by atoms with Gasteiger partial charge in [0.05, 0.1) is 5.92 Å². The van der Waals surface area contributed by atoms with Crippen molar-refractivity contribution in [2.24, 2.45) is 11.7 Å². The first-order chi connectivity index (χ1) is 8.08. The van der Waals surface area contributed by atoms with Crippen LogP contribution in [0.2, 0.25) is 5.02 Å². The van der Waals surface area contributed by atoms with E-state index in [0.717, 1.165) is 30.5 Å². The molecule has 0 saturated heterocycles. The molecule has 0 heterocycles. The number of rotatable bonds is 2. The zero-order valence-electron chi connectivity index (χ0n) is 10.3. The molecule has 1 amide bonds. The summed E-state index contributed by atoms with van der Waals surface area (Å²) in [5.41, 5.74) is 7.70. The molecule has 0 bridgehead atoms. The van der Waals surface area contributed by atoms with Crippen LogP contribution in [-0.2, 0) is 4.79 Å². The van der Waals surface area contributed by atoms with Crippen molar-refractivity contribution in [2.45, 2.75) is 32.2 Å². The van der Waals surface area contributed by atoms with Gasteiger partial charge >= 0.3 is 0 Å². The first-order valence-corrected chi connectivity index (χ1v) is 6.28. The lowest BCUT2D eigenvalue weighted by atomic mass is 10.0.